The Balaban J connectivity index is 4.80. The molecule has 0 aliphatic carbocycles. The van der Waals surface area contributed by atoms with Crippen LogP contribution in [-0.4, -0.2) is 0 Å². The van der Waals surface area contributed by atoms with Gasteiger partial charge in [0.1, 0.15) is 0 Å². The molecule has 0 saturated heterocycles. The number of hydrogen-bond acceptors (Lipinski definition) is 0. The third kappa shape index (κ3) is 4.81. The standard InChI is InChI=1S/C13H16/c1-5-8-11-13(10-7-3)12(4)9-6-2/h5-11H,1-3H2,4H3/b11-8-,12-9-,13-10-. The Bertz CT molecular complexity index is 272. The summed E-state index contributed by atoms with van der Waals surface area (Å²) in [5, 5.41) is 0. The molecule has 0 aliphatic rings. The first-order valence-electron chi connectivity index (χ1n) is 4.17. The molecular formula is C13H16. The van der Waals surface area contributed by atoms with Gasteiger partial charge in [-0.3, -0.25) is 0 Å². The third-order valence-corrected chi connectivity index (χ3v) is 1.53. The van der Waals surface area contributed by atoms with Crippen LogP contribution in [0.3, 0.4) is 0 Å². The normalized spacial score (nSPS) is 13.0. The molecule has 0 nitrogen and oxygen atoms in total. The maximum Gasteiger partial charge on any atom is -0.0228 e. The summed E-state index contributed by atoms with van der Waals surface area (Å²) in [6.45, 7) is 13.0. The van der Waals surface area contributed by atoms with E-state index in [1.807, 2.05) is 31.2 Å². The Morgan fingerprint density at radius 1 is 0.923 bits per heavy atom. The monoisotopic (exact) mass is 172 g/mol. The third-order valence-electron chi connectivity index (χ3n) is 1.53. The van der Waals surface area contributed by atoms with Gasteiger partial charge in [0.15, 0.2) is 0 Å². The van der Waals surface area contributed by atoms with Crippen LogP contribution in [0.1, 0.15) is 6.92 Å². The molecule has 0 unspecified atom stereocenters. The first-order chi connectivity index (χ1) is 6.26. The molecule has 0 heteroatoms. The summed E-state index contributed by atoms with van der Waals surface area (Å²) in [6.07, 6.45) is 13.1. The molecule has 0 aromatic rings. The highest BCUT2D eigenvalue weighted by molar-refractivity contribution is 5.42. The summed E-state index contributed by atoms with van der Waals surface area (Å²) in [5.41, 5.74) is 2.28. The lowest BCUT2D eigenvalue weighted by atomic mass is 10.1. The summed E-state index contributed by atoms with van der Waals surface area (Å²) < 4.78 is 0. The van der Waals surface area contributed by atoms with Crippen LogP contribution in [0.4, 0.5) is 0 Å². The maximum atomic E-state index is 3.66. The number of rotatable bonds is 5. The Kier molecular flexibility index (Phi) is 6.26. The molecule has 13 heavy (non-hydrogen) atoms. The molecule has 0 heterocycles. The summed E-state index contributed by atoms with van der Waals surface area (Å²) in [4.78, 5) is 0. The lowest BCUT2D eigenvalue weighted by Crippen LogP contribution is -1.79. The first kappa shape index (κ1) is 11.4. The lowest BCUT2D eigenvalue weighted by molar-refractivity contribution is 1.43. The summed E-state index contributed by atoms with van der Waals surface area (Å²) >= 11 is 0. The molecule has 0 atom stereocenters. The zero-order valence-corrected chi connectivity index (χ0v) is 8.16. The van der Waals surface area contributed by atoms with Crippen molar-refractivity contribution in [2.24, 2.45) is 0 Å². The molecule has 0 aromatic heterocycles. The fourth-order valence-corrected chi connectivity index (χ4v) is 0.890. The van der Waals surface area contributed by atoms with Gasteiger partial charge in [0, 0.05) is 0 Å². The van der Waals surface area contributed by atoms with Gasteiger partial charge in [-0.15, -0.1) is 0 Å². The second-order valence-corrected chi connectivity index (χ2v) is 2.54. The topological polar surface area (TPSA) is 0 Å². The number of allylic oxidation sites excluding steroid dienone is 9. The van der Waals surface area contributed by atoms with Crippen LogP contribution in [0.5, 0.6) is 0 Å². The minimum Gasteiger partial charge on any atom is -0.0991 e. The van der Waals surface area contributed by atoms with E-state index in [1.54, 1.807) is 18.2 Å². The Hall–Kier alpha value is -1.56. The minimum atomic E-state index is 1.12. The molecule has 0 saturated carbocycles. The zero-order valence-electron chi connectivity index (χ0n) is 8.16. The van der Waals surface area contributed by atoms with E-state index in [4.69, 9.17) is 0 Å². The fourth-order valence-electron chi connectivity index (χ4n) is 0.890. The smallest absolute Gasteiger partial charge is 0.0228 e. The van der Waals surface area contributed by atoms with Gasteiger partial charge < -0.3 is 0 Å². The van der Waals surface area contributed by atoms with Gasteiger partial charge in [-0.1, -0.05) is 62.3 Å². The SMILES string of the molecule is C=C\C=C/C(=C/C=C)C(/C)=C\C=C. The molecular weight excluding hydrogens is 156 g/mol. The Morgan fingerprint density at radius 3 is 2.00 bits per heavy atom. The summed E-state index contributed by atoms with van der Waals surface area (Å²) in [5.74, 6) is 0. The highest BCUT2D eigenvalue weighted by Crippen LogP contribution is 2.11. The van der Waals surface area contributed by atoms with Gasteiger partial charge in [-0.25, -0.2) is 0 Å². The van der Waals surface area contributed by atoms with Crippen molar-refractivity contribution in [3.63, 3.8) is 0 Å². The van der Waals surface area contributed by atoms with E-state index < -0.39 is 0 Å². The van der Waals surface area contributed by atoms with E-state index in [-0.39, 0.29) is 0 Å². The number of hydrogen-bond donors (Lipinski definition) is 0. The Morgan fingerprint density at radius 2 is 1.54 bits per heavy atom. The highest BCUT2D eigenvalue weighted by atomic mass is 14.0. The van der Waals surface area contributed by atoms with Crippen LogP contribution in [0.2, 0.25) is 0 Å². The summed E-state index contributed by atoms with van der Waals surface area (Å²) in [6, 6.07) is 0. The minimum absolute atomic E-state index is 1.12. The largest absolute Gasteiger partial charge is 0.0991 e. The molecule has 68 valence electrons. The van der Waals surface area contributed by atoms with Crippen LogP contribution in [-0.2, 0) is 0 Å². The molecule has 0 bridgehead atoms. The van der Waals surface area contributed by atoms with Crippen LogP contribution >= 0.6 is 0 Å². The molecule has 0 rings (SSSR count). The second-order valence-electron chi connectivity index (χ2n) is 2.54. The Labute approximate surface area is 81.0 Å². The van der Waals surface area contributed by atoms with Gasteiger partial charge in [0.25, 0.3) is 0 Å². The molecule has 0 N–H and O–H groups in total. The van der Waals surface area contributed by atoms with Crippen molar-refractivity contribution in [2.45, 2.75) is 6.92 Å². The van der Waals surface area contributed by atoms with Crippen LogP contribution in [0.25, 0.3) is 0 Å². The summed E-state index contributed by atoms with van der Waals surface area (Å²) in [7, 11) is 0. The van der Waals surface area contributed by atoms with E-state index in [1.165, 1.54) is 0 Å². The van der Waals surface area contributed by atoms with Crippen LogP contribution in [0.15, 0.2) is 73.4 Å². The van der Waals surface area contributed by atoms with Crippen LogP contribution < -0.4 is 0 Å². The predicted molar refractivity (Wildman–Crippen MR) is 61.6 cm³/mol. The molecule has 0 spiro atoms. The van der Waals surface area contributed by atoms with Crippen molar-refractivity contribution < 1.29 is 0 Å². The highest BCUT2D eigenvalue weighted by Gasteiger charge is 1.91. The average molecular weight is 172 g/mol. The van der Waals surface area contributed by atoms with Crippen molar-refractivity contribution in [2.75, 3.05) is 0 Å². The molecule has 0 fully saturated rings. The van der Waals surface area contributed by atoms with E-state index in [9.17, 15) is 0 Å². The predicted octanol–water partition coefficient (Wildman–Crippen LogP) is 3.97. The van der Waals surface area contributed by atoms with E-state index in [2.05, 4.69) is 19.7 Å². The van der Waals surface area contributed by atoms with Gasteiger partial charge in [-0.05, 0) is 18.1 Å². The van der Waals surface area contributed by atoms with Crippen molar-refractivity contribution in [1.29, 1.82) is 0 Å². The average Bonchev–Trinajstić information content (AvgIpc) is 2.12. The molecule has 0 amide bonds. The van der Waals surface area contributed by atoms with E-state index in [0.717, 1.165) is 11.1 Å². The van der Waals surface area contributed by atoms with Crippen molar-refractivity contribution in [3.05, 3.63) is 73.4 Å². The van der Waals surface area contributed by atoms with Gasteiger partial charge in [0.05, 0.1) is 0 Å². The quantitative estimate of drug-likeness (QED) is 0.550. The molecule has 0 aromatic carbocycles. The fraction of sp³-hybridized carbons (Fsp3) is 0.0769. The zero-order chi connectivity index (χ0) is 10.1. The lowest BCUT2D eigenvalue weighted by Gasteiger charge is -1.99. The van der Waals surface area contributed by atoms with Crippen molar-refractivity contribution in [3.8, 4) is 0 Å². The first-order valence-corrected chi connectivity index (χ1v) is 4.17. The van der Waals surface area contributed by atoms with Crippen molar-refractivity contribution >= 4 is 0 Å². The van der Waals surface area contributed by atoms with E-state index >= 15 is 0 Å². The van der Waals surface area contributed by atoms with Crippen LogP contribution in [0, 0.1) is 0 Å². The van der Waals surface area contributed by atoms with Crippen molar-refractivity contribution in [1.82, 2.24) is 0 Å². The maximum absolute atomic E-state index is 3.66. The van der Waals surface area contributed by atoms with Gasteiger partial charge >= 0.3 is 0 Å². The van der Waals surface area contributed by atoms with E-state index in [0.29, 0.717) is 0 Å². The van der Waals surface area contributed by atoms with Gasteiger partial charge in [-0.2, -0.15) is 0 Å². The van der Waals surface area contributed by atoms with Gasteiger partial charge in [0.2, 0.25) is 0 Å². The molecule has 0 radical (unpaired) electrons. The second kappa shape index (κ2) is 7.11. The molecule has 0 aliphatic heterocycles.